The van der Waals surface area contributed by atoms with Crippen LogP contribution in [-0.4, -0.2) is 43.0 Å². The van der Waals surface area contributed by atoms with Crippen LogP contribution in [0.3, 0.4) is 0 Å². The first-order chi connectivity index (χ1) is 11.0. The highest BCUT2D eigenvalue weighted by Crippen LogP contribution is 2.35. The Balaban J connectivity index is 1.94. The highest BCUT2D eigenvalue weighted by Gasteiger charge is 2.31. The van der Waals surface area contributed by atoms with Crippen LogP contribution < -0.4 is 4.90 Å². The van der Waals surface area contributed by atoms with Crippen molar-refractivity contribution in [3.63, 3.8) is 0 Å². The minimum atomic E-state index is 0.175. The molecule has 0 radical (unpaired) electrons. The summed E-state index contributed by atoms with van der Waals surface area (Å²) in [5.74, 6) is 0.398. The summed E-state index contributed by atoms with van der Waals surface area (Å²) in [5.41, 5.74) is 2.00. The van der Waals surface area contributed by atoms with E-state index in [1.165, 1.54) is 0 Å². The van der Waals surface area contributed by atoms with Gasteiger partial charge in [-0.05, 0) is 51.6 Å². The second kappa shape index (κ2) is 6.75. The Morgan fingerprint density at radius 1 is 1.35 bits per heavy atom. The number of benzene rings is 1. The average molecular weight is 352 g/mol. The number of fused-ring (bicyclic) bond motifs is 1. The van der Waals surface area contributed by atoms with Gasteiger partial charge in [0.05, 0.1) is 10.2 Å². The maximum atomic E-state index is 12.8. The fourth-order valence-corrected chi connectivity index (χ4v) is 4.19. The zero-order valence-corrected chi connectivity index (χ0v) is 15.4. The molecule has 1 heterocycles. The first-order valence-corrected chi connectivity index (χ1v) is 9.18. The van der Waals surface area contributed by atoms with Crippen LogP contribution in [0.25, 0.3) is 10.2 Å². The Labute approximate surface area is 146 Å². The van der Waals surface area contributed by atoms with E-state index in [2.05, 4.69) is 4.90 Å². The summed E-state index contributed by atoms with van der Waals surface area (Å²) in [6.07, 6.45) is 3.17. The molecule has 6 heteroatoms. The first-order valence-electron chi connectivity index (χ1n) is 7.98. The van der Waals surface area contributed by atoms with Gasteiger partial charge in [0, 0.05) is 24.0 Å². The fourth-order valence-electron chi connectivity index (χ4n) is 2.73. The number of amides is 1. The number of likely N-dealkylation sites (N-methyl/N-ethyl adjacent to an activating group) is 1. The molecule has 1 amide bonds. The van der Waals surface area contributed by atoms with Crippen LogP contribution in [0.15, 0.2) is 12.1 Å². The normalized spacial score (nSPS) is 15.2. The molecule has 0 saturated heterocycles. The second-order valence-corrected chi connectivity index (χ2v) is 7.93. The van der Waals surface area contributed by atoms with Gasteiger partial charge in [-0.2, -0.15) is 0 Å². The molecule has 2 aromatic rings. The number of carbonyl (C=O) groups is 1. The van der Waals surface area contributed by atoms with Gasteiger partial charge in [0.2, 0.25) is 5.91 Å². The molecule has 0 spiro atoms. The van der Waals surface area contributed by atoms with E-state index in [4.69, 9.17) is 16.6 Å². The van der Waals surface area contributed by atoms with Gasteiger partial charge in [-0.1, -0.05) is 29.4 Å². The van der Waals surface area contributed by atoms with Crippen LogP contribution in [0.1, 0.15) is 24.8 Å². The third-order valence-corrected chi connectivity index (χ3v) is 5.60. The van der Waals surface area contributed by atoms with Gasteiger partial charge in [-0.15, -0.1) is 0 Å². The van der Waals surface area contributed by atoms with Gasteiger partial charge in [-0.25, -0.2) is 4.98 Å². The lowest BCUT2D eigenvalue weighted by atomic mass is 9.84. The van der Waals surface area contributed by atoms with Crippen molar-refractivity contribution >= 4 is 44.2 Å². The molecule has 1 fully saturated rings. The molecule has 1 aliphatic rings. The number of anilines is 1. The first kappa shape index (κ1) is 16.7. The number of hydrogen-bond acceptors (Lipinski definition) is 4. The van der Waals surface area contributed by atoms with Crippen molar-refractivity contribution in [1.29, 1.82) is 0 Å². The molecule has 124 valence electrons. The average Bonchev–Trinajstić information content (AvgIpc) is 2.80. The minimum Gasteiger partial charge on any atom is -0.308 e. The third-order valence-electron chi connectivity index (χ3n) is 4.36. The van der Waals surface area contributed by atoms with Crippen molar-refractivity contribution in [2.75, 3.05) is 32.1 Å². The van der Waals surface area contributed by atoms with Crippen LogP contribution in [0.2, 0.25) is 5.02 Å². The van der Waals surface area contributed by atoms with E-state index in [0.29, 0.717) is 6.54 Å². The lowest BCUT2D eigenvalue weighted by Crippen LogP contribution is -2.42. The van der Waals surface area contributed by atoms with Crippen molar-refractivity contribution in [3.8, 4) is 0 Å². The van der Waals surface area contributed by atoms with E-state index in [1.54, 1.807) is 11.3 Å². The van der Waals surface area contributed by atoms with Gasteiger partial charge in [0.25, 0.3) is 0 Å². The molecule has 0 unspecified atom stereocenters. The Bertz CT molecular complexity index is 724. The Morgan fingerprint density at radius 2 is 2.09 bits per heavy atom. The van der Waals surface area contributed by atoms with Gasteiger partial charge in [0.15, 0.2) is 5.13 Å². The Kier molecular flexibility index (Phi) is 4.90. The molecule has 1 aliphatic carbocycles. The quantitative estimate of drug-likeness (QED) is 0.818. The maximum absolute atomic E-state index is 12.8. The van der Waals surface area contributed by atoms with Crippen molar-refractivity contribution in [3.05, 3.63) is 22.7 Å². The predicted molar refractivity (Wildman–Crippen MR) is 97.6 cm³/mol. The van der Waals surface area contributed by atoms with Crippen LogP contribution in [-0.2, 0) is 4.79 Å². The molecule has 1 saturated carbocycles. The van der Waals surface area contributed by atoms with Crippen molar-refractivity contribution in [1.82, 2.24) is 9.88 Å². The van der Waals surface area contributed by atoms with Gasteiger partial charge >= 0.3 is 0 Å². The number of rotatable bonds is 5. The maximum Gasteiger partial charge on any atom is 0.231 e. The number of aromatic nitrogens is 1. The molecule has 4 nitrogen and oxygen atoms in total. The summed E-state index contributed by atoms with van der Waals surface area (Å²) in [6.45, 7) is 3.51. The van der Waals surface area contributed by atoms with Crippen molar-refractivity contribution < 1.29 is 4.79 Å². The summed E-state index contributed by atoms with van der Waals surface area (Å²) in [7, 11) is 4.04. The third kappa shape index (κ3) is 3.52. The molecule has 0 aliphatic heterocycles. The number of thiazole rings is 1. The fraction of sp³-hybridized carbons (Fsp3) is 0.529. The zero-order chi connectivity index (χ0) is 16.6. The van der Waals surface area contributed by atoms with E-state index < -0.39 is 0 Å². The van der Waals surface area contributed by atoms with Crippen molar-refractivity contribution in [2.24, 2.45) is 5.92 Å². The summed E-state index contributed by atoms with van der Waals surface area (Å²) >= 11 is 7.71. The zero-order valence-electron chi connectivity index (χ0n) is 13.8. The highest BCUT2D eigenvalue weighted by molar-refractivity contribution is 7.22. The molecule has 1 aromatic carbocycles. The summed E-state index contributed by atoms with van der Waals surface area (Å²) in [5, 5.41) is 1.51. The standard InChI is InChI=1S/C17H22ClN3OS/c1-11-9-13(18)10-14-15(11)19-17(23-14)21(8-7-20(2)3)16(22)12-5-4-6-12/h9-10,12H,4-8H2,1-3H3. The van der Waals surface area contributed by atoms with E-state index in [-0.39, 0.29) is 11.8 Å². The Hall–Kier alpha value is -1.17. The van der Waals surface area contributed by atoms with Crippen LogP contribution >= 0.6 is 22.9 Å². The highest BCUT2D eigenvalue weighted by atomic mass is 35.5. The lowest BCUT2D eigenvalue weighted by Gasteiger charge is -2.30. The van der Waals surface area contributed by atoms with Crippen molar-refractivity contribution in [2.45, 2.75) is 26.2 Å². The summed E-state index contributed by atoms with van der Waals surface area (Å²) in [6, 6.07) is 3.86. The molecule has 3 rings (SSSR count). The molecular formula is C17H22ClN3OS. The number of hydrogen-bond donors (Lipinski definition) is 0. The van der Waals surface area contributed by atoms with E-state index in [1.807, 2.05) is 38.1 Å². The Morgan fingerprint density at radius 3 is 2.70 bits per heavy atom. The van der Waals surface area contributed by atoms with Crippen LogP contribution in [0.5, 0.6) is 0 Å². The lowest BCUT2D eigenvalue weighted by molar-refractivity contribution is -0.124. The molecule has 0 atom stereocenters. The van der Waals surface area contributed by atoms with Crippen LogP contribution in [0.4, 0.5) is 5.13 Å². The molecule has 0 N–H and O–H groups in total. The SMILES string of the molecule is Cc1cc(Cl)cc2sc(N(CCN(C)C)C(=O)C3CCC3)nc12. The second-order valence-electron chi connectivity index (χ2n) is 6.49. The van der Waals surface area contributed by atoms with Gasteiger partial charge in [0.1, 0.15) is 0 Å². The number of halogens is 1. The number of aryl methyl sites for hydroxylation is 1. The summed E-state index contributed by atoms with van der Waals surface area (Å²) < 4.78 is 1.04. The number of nitrogens with zero attached hydrogens (tertiary/aromatic N) is 3. The van der Waals surface area contributed by atoms with Crippen LogP contribution in [0, 0.1) is 12.8 Å². The topological polar surface area (TPSA) is 36.4 Å². The monoisotopic (exact) mass is 351 g/mol. The smallest absolute Gasteiger partial charge is 0.231 e. The number of carbonyl (C=O) groups excluding carboxylic acids is 1. The van der Waals surface area contributed by atoms with E-state index >= 15 is 0 Å². The molecule has 23 heavy (non-hydrogen) atoms. The largest absolute Gasteiger partial charge is 0.308 e. The van der Waals surface area contributed by atoms with Gasteiger partial charge < -0.3 is 4.90 Å². The predicted octanol–water partition coefficient (Wildman–Crippen LogP) is 3.95. The summed E-state index contributed by atoms with van der Waals surface area (Å²) in [4.78, 5) is 21.5. The van der Waals surface area contributed by atoms with Gasteiger partial charge in [-0.3, -0.25) is 9.69 Å². The van der Waals surface area contributed by atoms with E-state index in [0.717, 1.165) is 51.7 Å². The molecule has 0 bridgehead atoms. The molecular weight excluding hydrogens is 330 g/mol. The van der Waals surface area contributed by atoms with E-state index in [9.17, 15) is 4.79 Å². The molecule has 1 aromatic heterocycles. The minimum absolute atomic E-state index is 0.175.